The molecular formula is C15H24N5O7P. The van der Waals surface area contributed by atoms with E-state index >= 15 is 0 Å². The molecule has 156 valence electrons. The minimum Gasteiger partial charge on any atom is -0.387 e. The molecule has 0 aliphatic carbocycles. The fourth-order valence-corrected chi connectivity index (χ4v) is 3.91. The van der Waals surface area contributed by atoms with E-state index in [0.717, 1.165) is 12.8 Å². The number of rotatable bonds is 8. The molecule has 1 saturated heterocycles. The molecule has 0 saturated carbocycles. The molecule has 2 aromatic rings. The Hall–Kier alpha value is -1.66. The van der Waals surface area contributed by atoms with Crippen molar-refractivity contribution in [3.05, 3.63) is 12.7 Å². The number of hydrogen-bond acceptors (Lipinski definition) is 9. The lowest BCUT2D eigenvalue weighted by Gasteiger charge is -2.26. The molecule has 0 radical (unpaired) electrons. The zero-order chi connectivity index (χ0) is 20.5. The molecule has 2 aromatic heterocycles. The van der Waals surface area contributed by atoms with Crippen molar-refractivity contribution in [2.24, 2.45) is 0 Å². The topological polar surface area (TPSA) is 186 Å². The lowest BCUT2D eigenvalue weighted by atomic mass is 10.0. The van der Waals surface area contributed by atoms with Crippen LogP contribution in [0.2, 0.25) is 0 Å². The number of ether oxygens (including phenoxy) is 1. The summed E-state index contributed by atoms with van der Waals surface area (Å²) in [6.07, 6.45) is -1.02. The first-order chi connectivity index (χ1) is 13.2. The number of unbranched alkanes of at least 4 members (excludes halogenated alkanes) is 2. The van der Waals surface area contributed by atoms with Crippen LogP contribution in [0.3, 0.4) is 0 Å². The third-order valence-corrected chi connectivity index (χ3v) is 5.21. The largest absolute Gasteiger partial charge is 0.469 e. The number of nitrogens with zero attached hydrogens (tertiary/aromatic N) is 4. The van der Waals surface area contributed by atoms with Crippen LogP contribution in [0, 0.1) is 0 Å². The third-order valence-electron chi connectivity index (χ3n) is 4.67. The van der Waals surface area contributed by atoms with E-state index in [-0.39, 0.29) is 12.2 Å². The van der Waals surface area contributed by atoms with Gasteiger partial charge in [-0.15, -0.1) is 0 Å². The maximum absolute atomic E-state index is 11.4. The van der Waals surface area contributed by atoms with Crippen LogP contribution >= 0.6 is 7.82 Å². The van der Waals surface area contributed by atoms with Gasteiger partial charge in [0, 0.05) is 0 Å². The van der Waals surface area contributed by atoms with E-state index in [1.54, 1.807) is 0 Å². The quantitative estimate of drug-likeness (QED) is 0.289. The molecule has 1 aliphatic rings. The lowest BCUT2D eigenvalue weighted by Crippen LogP contribution is -2.39. The molecular weight excluding hydrogens is 393 g/mol. The summed E-state index contributed by atoms with van der Waals surface area (Å²) in [5.41, 5.74) is 6.36. The number of phosphoric ester groups is 1. The van der Waals surface area contributed by atoms with Gasteiger partial charge in [-0.1, -0.05) is 26.2 Å². The summed E-state index contributed by atoms with van der Waals surface area (Å²) in [7, 11) is -4.82. The number of anilines is 1. The summed E-state index contributed by atoms with van der Waals surface area (Å²) in [6.45, 7) is 1.98. The molecule has 12 nitrogen and oxygen atoms in total. The van der Waals surface area contributed by atoms with Gasteiger partial charge in [0.05, 0.1) is 12.4 Å². The zero-order valence-corrected chi connectivity index (χ0v) is 16.1. The molecule has 3 rings (SSSR count). The van der Waals surface area contributed by atoms with Gasteiger partial charge in [0.25, 0.3) is 0 Å². The van der Waals surface area contributed by atoms with Crippen LogP contribution in [0.25, 0.3) is 11.2 Å². The van der Waals surface area contributed by atoms with Gasteiger partial charge in [0.2, 0.25) is 0 Å². The molecule has 0 bridgehead atoms. The first kappa shape index (κ1) is 21.1. The minimum absolute atomic E-state index is 0.149. The Kier molecular flexibility index (Phi) is 6.30. The van der Waals surface area contributed by atoms with Gasteiger partial charge in [-0.05, 0) is 6.42 Å². The van der Waals surface area contributed by atoms with Gasteiger partial charge in [0.15, 0.2) is 17.7 Å². The smallest absolute Gasteiger partial charge is 0.387 e. The van der Waals surface area contributed by atoms with Crippen LogP contribution in [-0.4, -0.2) is 63.9 Å². The Balaban J connectivity index is 1.86. The van der Waals surface area contributed by atoms with Crippen molar-refractivity contribution < 1.29 is 33.8 Å². The van der Waals surface area contributed by atoms with Gasteiger partial charge in [-0.2, -0.15) is 0 Å². The number of hydrogen-bond donors (Lipinski definition) is 5. The van der Waals surface area contributed by atoms with E-state index in [4.69, 9.17) is 15.0 Å². The van der Waals surface area contributed by atoms with E-state index in [1.807, 2.05) is 6.92 Å². The standard InChI is InChI=1S/C15H24N5O7P/c1-2-3-4-5-8(27-28(23,24)25)12-10(21)11(22)15(26-12)20-7-19-9-13(16)17-6-18-14(9)20/h6-8,10-12,15,21-22H,2-5H2,1H3,(H2,16,17,18)(H2,23,24,25)/t8?,10-,11+,12+,15+/m0/s1. The Bertz CT molecular complexity index is 858. The summed E-state index contributed by atoms with van der Waals surface area (Å²) in [5, 5.41) is 21.0. The van der Waals surface area contributed by atoms with Crippen molar-refractivity contribution in [2.75, 3.05) is 5.73 Å². The number of nitrogens with two attached hydrogens (primary N) is 1. The summed E-state index contributed by atoms with van der Waals surface area (Å²) in [6, 6.07) is 0. The van der Waals surface area contributed by atoms with Crippen LogP contribution in [0.4, 0.5) is 5.82 Å². The fourth-order valence-electron chi connectivity index (χ4n) is 3.33. The Labute approximate surface area is 160 Å². The predicted molar refractivity (Wildman–Crippen MR) is 96.7 cm³/mol. The number of nitrogen functional groups attached to an aromatic ring is 1. The van der Waals surface area contributed by atoms with Crippen LogP contribution < -0.4 is 5.73 Å². The number of aromatic nitrogens is 4. The van der Waals surface area contributed by atoms with Crippen molar-refractivity contribution in [3.63, 3.8) is 0 Å². The SMILES string of the molecule is CCCCCC(OP(=O)(O)O)[C@H]1O[C@@H](n2cnc3c(N)ncnc32)[C@H](O)[C@@H]1O. The zero-order valence-electron chi connectivity index (χ0n) is 15.2. The summed E-state index contributed by atoms with van der Waals surface area (Å²) in [5.74, 6) is 0.149. The van der Waals surface area contributed by atoms with Gasteiger partial charge in [-0.25, -0.2) is 19.5 Å². The summed E-state index contributed by atoms with van der Waals surface area (Å²) in [4.78, 5) is 30.5. The Morgan fingerprint density at radius 3 is 2.71 bits per heavy atom. The molecule has 28 heavy (non-hydrogen) atoms. The number of aliphatic hydroxyl groups excluding tert-OH is 2. The molecule has 5 atom stereocenters. The van der Waals surface area contributed by atoms with E-state index in [1.165, 1.54) is 17.2 Å². The molecule has 3 heterocycles. The van der Waals surface area contributed by atoms with E-state index in [2.05, 4.69) is 15.0 Å². The Morgan fingerprint density at radius 1 is 1.29 bits per heavy atom. The molecule has 1 fully saturated rings. The van der Waals surface area contributed by atoms with E-state index in [0.29, 0.717) is 17.6 Å². The van der Waals surface area contributed by atoms with Gasteiger partial charge in [-0.3, -0.25) is 9.09 Å². The normalized spacial score (nSPS) is 26.8. The first-order valence-electron chi connectivity index (χ1n) is 8.91. The summed E-state index contributed by atoms with van der Waals surface area (Å²) >= 11 is 0. The maximum atomic E-state index is 11.4. The summed E-state index contributed by atoms with van der Waals surface area (Å²) < 4.78 is 23.4. The van der Waals surface area contributed by atoms with Gasteiger partial charge >= 0.3 is 7.82 Å². The average Bonchev–Trinajstić information content (AvgIpc) is 3.16. The van der Waals surface area contributed by atoms with Crippen molar-refractivity contribution in [1.29, 1.82) is 0 Å². The predicted octanol–water partition coefficient (Wildman–Crippen LogP) is 0.0859. The highest BCUT2D eigenvalue weighted by Gasteiger charge is 2.49. The van der Waals surface area contributed by atoms with Crippen molar-refractivity contribution in [2.45, 2.75) is 63.3 Å². The first-order valence-corrected chi connectivity index (χ1v) is 10.4. The van der Waals surface area contributed by atoms with Crippen LogP contribution in [-0.2, 0) is 13.8 Å². The van der Waals surface area contributed by atoms with Gasteiger partial charge in [0.1, 0.15) is 30.2 Å². The van der Waals surface area contributed by atoms with Crippen LogP contribution in [0.1, 0.15) is 38.8 Å². The molecule has 0 spiro atoms. The number of phosphoric acid groups is 1. The second kappa shape index (κ2) is 8.37. The van der Waals surface area contributed by atoms with Crippen LogP contribution in [0.5, 0.6) is 0 Å². The number of fused-ring (bicyclic) bond motifs is 1. The van der Waals surface area contributed by atoms with Crippen LogP contribution in [0.15, 0.2) is 12.7 Å². The van der Waals surface area contributed by atoms with E-state index in [9.17, 15) is 24.6 Å². The Morgan fingerprint density at radius 2 is 2.04 bits per heavy atom. The molecule has 6 N–H and O–H groups in total. The second-order valence-corrected chi connectivity index (χ2v) is 7.88. The maximum Gasteiger partial charge on any atom is 0.469 e. The minimum atomic E-state index is -4.82. The molecule has 1 aliphatic heterocycles. The second-order valence-electron chi connectivity index (χ2n) is 6.69. The number of imidazole rings is 1. The lowest BCUT2D eigenvalue weighted by molar-refractivity contribution is -0.0833. The highest BCUT2D eigenvalue weighted by atomic mass is 31.2. The molecule has 0 amide bonds. The third kappa shape index (κ3) is 4.33. The number of aliphatic hydroxyl groups is 2. The highest BCUT2D eigenvalue weighted by Crippen LogP contribution is 2.43. The monoisotopic (exact) mass is 417 g/mol. The molecule has 1 unspecified atom stereocenters. The van der Waals surface area contributed by atoms with Crippen molar-refractivity contribution in [1.82, 2.24) is 19.5 Å². The molecule has 13 heteroatoms. The van der Waals surface area contributed by atoms with E-state index < -0.39 is 38.5 Å². The average molecular weight is 417 g/mol. The highest BCUT2D eigenvalue weighted by molar-refractivity contribution is 7.46. The van der Waals surface area contributed by atoms with Gasteiger partial charge < -0.3 is 30.5 Å². The van der Waals surface area contributed by atoms with Crippen molar-refractivity contribution >= 4 is 24.8 Å². The molecule has 0 aromatic carbocycles. The fraction of sp³-hybridized carbons (Fsp3) is 0.667. The van der Waals surface area contributed by atoms with Crippen molar-refractivity contribution in [3.8, 4) is 0 Å².